The second kappa shape index (κ2) is 5.58. The molecule has 3 aromatic carbocycles. The summed E-state index contributed by atoms with van der Waals surface area (Å²) < 4.78 is 1.00. The van der Waals surface area contributed by atoms with Crippen LogP contribution in [0.25, 0.3) is 10.8 Å². The molecule has 0 heterocycles. The maximum absolute atomic E-state index is 12.3. The number of hydrogen-bond acceptors (Lipinski definition) is 2. The van der Waals surface area contributed by atoms with Crippen molar-refractivity contribution in [1.82, 2.24) is 0 Å². The van der Waals surface area contributed by atoms with Crippen molar-refractivity contribution in [2.24, 2.45) is 0 Å². The summed E-state index contributed by atoms with van der Waals surface area (Å²) in [6.45, 7) is 0. The number of anilines is 2. The number of nitrogens with two attached hydrogens (primary N) is 1. The van der Waals surface area contributed by atoms with Gasteiger partial charge in [-0.05, 0) is 41.8 Å². The standard InChI is InChI=1S/C17H13BrN2O/c18-15-9-10-16(14-4-2-1-3-13(14)15)20-17(21)11-5-7-12(19)8-6-11/h1-10H,19H2,(H,20,21). The quantitative estimate of drug-likeness (QED) is 0.677. The second-order valence-electron chi connectivity index (χ2n) is 4.72. The van der Waals surface area contributed by atoms with Crippen molar-refractivity contribution in [2.75, 3.05) is 11.1 Å². The second-order valence-corrected chi connectivity index (χ2v) is 5.57. The van der Waals surface area contributed by atoms with E-state index in [4.69, 9.17) is 5.73 Å². The number of halogens is 1. The van der Waals surface area contributed by atoms with Crippen LogP contribution in [-0.2, 0) is 0 Å². The molecule has 0 aromatic heterocycles. The van der Waals surface area contributed by atoms with Crippen LogP contribution in [0.1, 0.15) is 10.4 Å². The van der Waals surface area contributed by atoms with Crippen LogP contribution in [0.5, 0.6) is 0 Å². The number of nitrogens with one attached hydrogen (secondary N) is 1. The normalized spacial score (nSPS) is 10.5. The lowest BCUT2D eigenvalue weighted by Crippen LogP contribution is -2.12. The summed E-state index contributed by atoms with van der Waals surface area (Å²) in [4.78, 5) is 12.3. The highest BCUT2D eigenvalue weighted by atomic mass is 79.9. The smallest absolute Gasteiger partial charge is 0.255 e. The van der Waals surface area contributed by atoms with Crippen LogP contribution in [-0.4, -0.2) is 5.91 Å². The highest BCUT2D eigenvalue weighted by Gasteiger charge is 2.09. The Labute approximate surface area is 130 Å². The van der Waals surface area contributed by atoms with Crippen LogP contribution >= 0.6 is 15.9 Å². The molecule has 0 aliphatic heterocycles. The first-order valence-electron chi connectivity index (χ1n) is 6.49. The summed E-state index contributed by atoms with van der Waals surface area (Å²) >= 11 is 3.52. The van der Waals surface area contributed by atoms with Crippen molar-refractivity contribution in [2.45, 2.75) is 0 Å². The zero-order valence-electron chi connectivity index (χ0n) is 11.1. The van der Waals surface area contributed by atoms with Crippen molar-refractivity contribution < 1.29 is 4.79 Å². The van der Waals surface area contributed by atoms with Gasteiger partial charge in [-0.3, -0.25) is 4.79 Å². The molecule has 0 aliphatic rings. The summed E-state index contributed by atoms with van der Waals surface area (Å²) in [6.07, 6.45) is 0. The number of fused-ring (bicyclic) bond motifs is 1. The minimum Gasteiger partial charge on any atom is -0.399 e. The average molecular weight is 341 g/mol. The van der Waals surface area contributed by atoms with Gasteiger partial charge < -0.3 is 11.1 Å². The van der Waals surface area contributed by atoms with Gasteiger partial charge in [-0.25, -0.2) is 0 Å². The van der Waals surface area contributed by atoms with Gasteiger partial charge in [0.15, 0.2) is 0 Å². The van der Waals surface area contributed by atoms with E-state index < -0.39 is 0 Å². The van der Waals surface area contributed by atoms with Gasteiger partial charge in [0.05, 0.1) is 0 Å². The van der Waals surface area contributed by atoms with Crippen LogP contribution in [0.4, 0.5) is 11.4 Å². The van der Waals surface area contributed by atoms with E-state index >= 15 is 0 Å². The van der Waals surface area contributed by atoms with Gasteiger partial charge in [0.1, 0.15) is 0 Å². The number of hydrogen-bond donors (Lipinski definition) is 2. The third-order valence-corrected chi connectivity index (χ3v) is 3.98. The van der Waals surface area contributed by atoms with Crippen molar-refractivity contribution >= 4 is 44.0 Å². The van der Waals surface area contributed by atoms with Gasteiger partial charge in [0.25, 0.3) is 5.91 Å². The molecule has 0 fully saturated rings. The van der Waals surface area contributed by atoms with E-state index in [9.17, 15) is 4.79 Å². The number of rotatable bonds is 2. The molecule has 0 bridgehead atoms. The Hall–Kier alpha value is -2.33. The first-order chi connectivity index (χ1) is 10.1. The molecule has 0 radical (unpaired) electrons. The molecule has 0 atom stereocenters. The summed E-state index contributed by atoms with van der Waals surface area (Å²) in [5.74, 6) is -0.150. The van der Waals surface area contributed by atoms with Gasteiger partial charge in [0, 0.05) is 26.8 Å². The number of nitrogen functional groups attached to an aromatic ring is 1. The van der Waals surface area contributed by atoms with Gasteiger partial charge in [0.2, 0.25) is 0 Å². The summed E-state index contributed by atoms with van der Waals surface area (Å²) in [5, 5.41) is 5.01. The fourth-order valence-electron chi connectivity index (χ4n) is 2.20. The van der Waals surface area contributed by atoms with E-state index in [0.717, 1.165) is 20.9 Å². The van der Waals surface area contributed by atoms with Crippen molar-refractivity contribution in [1.29, 1.82) is 0 Å². The Morgan fingerprint density at radius 2 is 1.57 bits per heavy atom. The molecule has 0 aliphatic carbocycles. The number of amides is 1. The molecule has 0 spiro atoms. The van der Waals surface area contributed by atoms with Gasteiger partial charge in [-0.1, -0.05) is 40.2 Å². The van der Waals surface area contributed by atoms with Crippen LogP contribution in [0.3, 0.4) is 0 Å². The topological polar surface area (TPSA) is 55.1 Å². The Morgan fingerprint density at radius 1 is 0.905 bits per heavy atom. The molecule has 104 valence electrons. The fourth-order valence-corrected chi connectivity index (χ4v) is 2.68. The van der Waals surface area contributed by atoms with E-state index in [1.165, 1.54) is 0 Å². The number of carbonyl (C=O) groups is 1. The molecule has 0 unspecified atom stereocenters. The summed E-state index contributed by atoms with van der Waals surface area (Å²) in [7, 11) is 0. The van der Waals surface area contributed by atoms with E-state index in [2.05, 4.69) is 21.2 Å². The third-order valence-electron chi connectivity index (χ3n) is 3.29. The van der Waals surface area contributed by atoms with Gasteiger partial charge in [-0.15, -0.1) is 0 Å². The van der Waals surface area contributed by atoms with Crippen LogP contribution < -0.4 is 11.1 Å². The van der Waals surface area contributed by atoms with Crippen molar-refractivity contribution in [3.05, 3.63) is 70.7 Å². The summed E-state index contributed by atoms with van der Waals surface area (Å²) in [6, 6.07) is 18.6. The third kappa shape index (κ3) is 2.76. The Bertz CT molecular complexity index is 813. The average Bonchev–Trinajstić information content (AvgIpc) is 2.51. The minimum absolute atomic E-state index is 0.150. The van der Waals surface area contributed by atoms with Gasteiger partial charge in [-0.2, -0.15) is 0 Å². The zero-order chi connectivity index (χ0) is 14.8. The molecule has 3 aromatic rings. The predicted molar refractivity (Wildman–Crippen MR) is 90.5 cm³/mol. The SMILES string of the molecule is Nc1ccc(C(=O)Nc2ccc(Br)c3ccccc23)cc1. The number of carbonyl (C=O) groups excluding carboxylic acids is 1. The first kappa shape index (κ1) is 13.6. The Morgan fingerprint density at radius 3 is 2.29 bits per heavy atom. The van der Waals surface area contributed by atoms with Crippen molar-refractivity contribution in [3.8, 4) is 0 Å². The van der Waals surface area contributed by atoms with E-state index in [1.54, 1.807) is 24.3 Å². The van der Waals surface area contributed by atoms with E-state index in [-0.39, 0.29) is 5.91 Å². The molecule has 4 heteroatoms. The van der Waals surface area contributed by atoms with Gasteiger partial charge >= 0.3 is 0 Å². The maximum Gasteiger partial charge on any atom is 0.255 e. The molecule has 3 rings (SSSR count). The van der Waals surface area contributed by atoms with Crippen LogP contribution in [0.2, 0.25) is 0 Å². The number of benzene rings is 3. The Kier molecular flexibility index (Phi) is 3.62. The Balaban J connectivity index is 1.97. The largest absolute Gasteiger partial charge is 0.399 e. The molecule has 3 nitrogen and oxygen atoms in total. The molecule has 0 saturated carbocycles. The highest BCUT2D eigenvalue weighted by molar-refractivity contribution is 9.10. The van der Waals surface area contributed by atoms with Crippen LogP contribution in [0.15, 0.2) is 65.1 Å². The lowest BCUT2D eigenvalue weighted by molar-refractivity contribution is 0.102. The lowest BCUT2D eigenvalue weighted by atomic mass is 10.1. The summed E-state index contributed by atoms with van der Waals surface area (Å²) in [5.41, 5.74) is 7.64. The monoisotopic (exact) mass is 340 g/mol. The van der Waals surface area contributed by atoms with Crippen LogP contribution in [0, 0.1) is 0 Å². The first-order valence-corrected chi connectivity index (χ1v) is 7.28. The van der Waals surface area contributed by atoms with E-state index in [1.807, 2.05) is 36.4 Å². The molecule has 3 N–H and O–H groups in total. The molecule has 21 heavy (non-hydrogen) atoms. The molecule has 0 saturated heterocycles. The predicted octanol–water partition coefficient (Wildman–Crippen LogP) is 4.44. The fraction of sp³-hybridized carbons (Fsp3) is 0. The zero-order valence-corrected chi connectivity index (χ0v) is 12.7. The minimum atomic E-state index is -0.150. The van der Waals surface area contributed by atoms with E-state index in [0.29, 0.717) is 11.3 Å². The maximum atomic E-state index is 12.3. The molecule has 1 amide bonds. The molecular weight excluding hydrogens is 328 g/mol. The highest BCUT2D eigenvalue weighted by Crippen LogP contribution is 2.30. The van der Waals surface area contributed by atoms with Crippen molar-refractivity contribution in [3.63, 3.8) is 0 Å². The molecular formula is C17H13BrN2O. The lowest BCUT2D eigenvalue weighted by Gasteiger charge is -2.10.